The van der Waals surface area contributed by atoms with Crippen molar-refractivity contribution in [2.45, 2.75) is 11.3 Å². The van der Waals surface area contributed by atoms with Gasteiger partial charge in [-0.05, 0) is 48.4 Å². The smallest absolute Gasteiger partial charge is 0.262 e. The number of nitrogens with one attached hydrogen (secondary N) is 1. The van der Waals surface area contributed by atoms with Crippen molar-refractivity contribution < 1.29 is 17.6 Å². The van der Waals surface area contributed by atoms with Crippen LogP contribution in [0.4, 0.5) is 15.8 Å². The molecule has 0 aliphatic carbocycles. The Morgan fingerprint density at radius 3 is 2.54 bits per heavy atom. The molecule has 0 saturated heterocycles. The molecule has 0 saturated carbocycles. The van der Waals surface area contributed by atoms with Gasteiger partial charge < -0.3 is 4.90 Å². The van der Waals surface area contributed by atoms with Gasteiger partial charge in [-0.3, -0.25) is 9.52 Å². The van der Waals surface area contributed by atoms with Crippen LogP contribution in [0.3, 0.4) is 0 Å². The number of hydrogen-bond donors (Lipinski definition) is 1. The van der Waals surface area contributed by atoms with Gasteiger partial charge in [-0.2, -0.15) is 0 Å². The first-order valence-electron chi connectivity index (χ1n) is 8.73. The molecule has 7 heteroatoms. The Labute approximate surface area is 162 Å². The lowest BCUT2D eigenvalue weighted by Crippen LogP contribution is -2.29. The van der Waals surface area contributed by atoms with Gasteiger partial charge in [-0.25, -0.2) is 12.8 Å². The molecule has 1 amide bonds. The Bertz CT molecular complexity index is 1160. The van der Waals surface area contributed by atoms with Crippen LogP contribution < -0.4 is 9.62 Å². The average molecular weight is 396 g/mol. The van der Waals surface area contributed by atoms with Crippen molar-refractivity contribution >= 4 is 27.3 Å². The minimum atomic E-state index is -4.04. The lowest BCUT2D eigenvalue weighted by atomic mass is 10.1. The molecule has 3 aromatic carbocycles. The van der Waals surface area contributed by atoms with Gasteiger partial charge in [0.25, 0.3) is 15.9 Å². The minimum absolute atomic E-state index is 0.103. The molecule has 1 aliphatic rings. The van der Waals surface area contributed by atoms with E-state index in [-0.39, 0.29) is 22.1 Å². The Morgan fingerprint density at radius 2 is 1.71 bits per heavy atom. The zero-order valence-electron chi connectivity index (χ0n) is 14.8. The third-order valence-electron chi connectivity index (χ3n) is 4.64. The number of fused-ring (bicyclic) bond motifs is 1. The second-order valence-corrected chi connectivity index (χ2v) is 8.13. The van der Waals surface area contributed by atoms with Crippen LogP contribution in [0.15, 0.2) is 77.7 Å². The molecule has 0 radical (unpaired) electrons. The fraction of sp³-hybridized carbons (Fsp3) is 0.0952. The van der Waals surface area contributed by atoms with Gasteiger partial charge in [0.1, 0.15) is 5.82 Å². The number of amides is 1. The van der Waals surface area contributed by atoms with Gasteiger partial charge in [0.15, 0.2) is 0 Å². The van der Waals surface area contributed by atoms with Gasteiger partial charge in [0.2, 0.25) is 0 Å². The van der Waals surface area contributed by atoms with Crippen molar-refractivity contribution in [1.82, 2.24) is 0 Å². The van der Waals surface area contributed by atoms with E-state index in [1.165, 1.54) is 42.5 Å². The second kappa shape index (κ2) is 7.09. The van der Waals surface area contributed by atoms with E-state index in [4.69, 9.17) is 0 Å². The van der Waals surface area contributed by atoms with E-state index in [0.717, 1.165) is 17.7 Å². The third kappa shape index (κ3) is 3.36. The molecule has 1 aliphatic heterocycles. The van der Waals surface area contributed by atoms with Crippen LogP contribution in [-0.2, 0) is 16.4 Å². The van der Waals surface area contributed by atoms with Crippen molar-refractivity contribution in [1.29, 1.82) is 0 Å². The number of anilines is 2. The van der Waals surface area contributed by atoms with Crippen LogP contribution in [0, 0.1) is 5.82 Å². The molecule has 1 heterocycles. The first-order chi connectivity index (χ1) is 13.5. The largest absolute Gasteiger partial charge is 0.308 e. The number of hydrogen-bond acceptors (Lipinski definition) is 3. The van der Waals surface area contributed by atoms with Gasteiger partial charge in [0.05, 0.1) is 10.6 Å². The maximum absolute atomic E-state index is 13.8. The molecule has 142 valence electrons. The van der Waals surface area contributed by atoms with E-state index in [1.54, 1.807) is 11.0 Å². The summed E-state index contributed by atoms with van der Waals surface area (Å²) in [5.41, 5.74) is 2.03. The number of para-hydroxylation sites is 2. The molecule has 0 fully saturated rings. The number of nitrogens with zero attached hydrogens (tertiary/aromatic N) is 1. The standard InChI is InChI=1S/C21H17FN2O3S/c22-18-9-2-3-10-19(18)23-28(26,27)17-8-5-7-16(14-17)21(25)24-13-12-15-6-1-4-11-20(15)24/h1-11,14,23H,12-13H2. The minimum Gasteiger partial charge on any atom is -0.308 e. The van der Waals surface area contributed by atoms with Crippen LogP contribution in [0.1, 0.15) is 15.9 Å². The fourth-order valence-electron chi connectivity index (χ4n) is 3.25. The average Bonchev–Trinajstić information content (AvgIpc) is 3.13. The molecule has 1 N–H and O–H groups in total. The molecule has 4 rings (SSSR count). The Kier molecular flexibility index (Phi) is 4.60. The highest BCUT2D eigenvalue weighted by Gasteiger charge is 2.26. The highest BCUT2D eigenvalue weighted by Crippen LogP contribution is 2.29. The molecule has 0 bridgehead atoms. The maximum Gasteiger partial charge on any atom is 0.262 e. The summed E-state index contributed by atoms with van der Waals surface area (Å²) in [6.07, 6.45) is 0.759. The van der Waals surface area contributed by atoms with Crippen LogP contribution in [0.2, 0.25) is 0 Å². The summed E-state index contributed by atoms with van der Waals surface area (Å²) in [5, 5.41) is 0. The predicted octanol–water partition coefficient (Wildman–Crippen LogP) is 3.83. The molecule has 3 aromatic rings. The molecule has 5 nitrogen and oxygen atoms in total. The van der Waals surface area contributed by atoms with Gasteiger partial charge in [0, 0.05) is 17.8 Å². The topological polar surface area (TPSA) is 66.5 Å². The van der Waals surface area contributed by atoms with Crippen molar-refractivity contribution in [2.24, 2.45) is 0 Å². The Balaban J connectivity index is 1.63. The van der Waals surface area contributed by atoms with E-state index in [9.17, 15) is 17.6 Å². The monoisotopic (exact) mass is 396 g/mol. The maximum atomic E-state index is 13.8. The molecule has 0 spiro atoms. The third-order valence-corrected chi connectivity index (χ3v) is 6.00. The molecule has 0 unspecified atom stereocenters. The fourth-order valence-corrected chi connectivity index (χ4v) is 4.36. The highest BCUT2D eigenvalue weighted by atomic mass is 32.2. The van der Waals surface area contributed by atoms with Gasteiger partial charge in [-0.1, -0.05) is 36.4 Å². The van der Waals surface area contributed by atoms with E-state index >= 15 is 0 Å². The van der Waals surface area contributed by atoms with Crippen LogP contribution >= 0.6 is 0 Å². The predicted molar refractivity (Wildman–Crippen MR) is 105 cm³/mol. The molecule has 28 heavy (non-hydrogen) atoms. The first-order valence-corrected chi connectivity index (χ1v) is 10.2. The van der Waals surface area contributed by atoms with Gasteiger partial charge in [-0.15, -0.1) is 0 Å². The Hall–Kier alpha value is -3.19. The summed E-state index contributed by atoms with van der Waals surface area (Å²) >= 11 is 0. The van der Waals surface area contributed by atoms with E-state index in [0.29, 0.717) is 6.54 Å². The second-order valence-electron chi connectivity index (χ2n) is 6.45. The summed E-state index contributed by atoms with van der Waals surface area (Å²) in [5.74, 6) is -0.945. The van der Waals surface area contributed by atoms with Gasteiger partial charge >= 0.3 is 0 Å². The highest BCUT2D eigenvalue weighted by molar-refractivity contribution is 7.92. The number of benzene rings is 3. The summed E-state index contributed by atoms with van der Waals surface area (Å²) in [6.45, 7) is 0.544. The SMILES string of the molecule is O=C(c1cccc(S(=O)(=O)Nc2ccccc2F)c1)N1CCc2ccccc21. The molecular formula is C21H17FN2O3S. The zero-order chi connectivity index (χ0) is 19.7. The normalized spacial score (nSPS) is 13.2. The van der Waals surface area contributed by atoms with Crippen molar-refractivity contribution in [3.8, 4) is 0 Å². The van der Waals surface area contributed by atoms with Crippen LogP contribution in [0.5, 0.6) is 0 Å². The van der Waals surface area contributed by atoms with Crippen LogP contribution in [-0.4, -0.2) is 20.9 Å². The number of rotatable bonds is 4. The summed E-state index contributed by atoms with van der Waals surface area (Å²) in [7, 11) is -4.04. The lowest BCUT2D eigenvalue weighted by Gasteiger charge is -2.18. The number of halogens is 1. The van der Waals surface area contributed by atoms with Crippen molar-refractivity contribution in [3.05, 3.63) is 89.7 Å². The lowest BCUT2D eigenvalue weighted by molar-refractivity contribution is 0.0989. The molecule has 0 atom stereocenters. The zero-order valence-corrected chi connectivity index (χ0v) is 15.6. The van der Waals surface area contributed by atoms with E-state index in [1.807, 2.05) is 24.3 Å². The van der Waals surface area contributed by atoms with Crippen molar-refractivity contribution in [3.63, 3.8) is 0 Å². The summed E-state index contributed by atoms with van der Waals surface area (Å²) < 4.78 is 41.3. The van der Waals surface area contributed by atoms with E-state index in [2.05, 4.69) is 4.72 Å². The number of carbonyl (C=O) groups excluding carboxylic acids is 1. The number of sulfonamides is 1. The van der Waals surface area contributed by atoms with Crippen LogP contribution in [0.25, 0.3) is 0 Å². The first kappa shape index (κ1) is 18.2. The summed E-state index contributed by atoms with van der Waals surface area (Å²) in [4.78, 5) is 14.5. The van der Waals surface area contributed by atoms with E-state index < -0.39 is 15.8 Å². The Morgan fingerprint density at radius 1 is 0.964 bits per heavy atom. The molecule has 0 aromatic heterocycles. The number of carbonyl (C=O) groups is 1. The molecular weight excluding hydrogens is 379 g/mol. The van der Waals surface area contributed by atoms with Crippen molar-refractivity contribution in [2.75, 3.05) is 16.2 Å². The quantitative estimate of drug-likeness (QED) is 0.729. The summed E-state index contributed by atoms with van der Waals surface area (Å²) in [6, 6.07) is 18.9.